The first-order valence-electron chi connectivity index (χ1n) is 7.28. The van der Waals surface area contributed by atoms with Gasteiger partial charge in [-0.15, -0.1) is 0 Å². The summed E-state index contributed by atoms with van der Waals surface area (Å²) in [7, 11) is 4.13. The summed E-state index contributed by atoms with van der Waals surface area (Å²) in [5.74, 6) is 0. The molecule has 1 atom stereocenters. The van der Waals surface area contributed by atoms with Crippen LogP contribution >= 0.6 is 0 Å². The van der Waals surface area contributed by atoms with Gasteiger partial charge in [0.25, 0.3) is 0 Å². The topological polar surface area (TPSA) is 23.5 Å². The van der Waals surface area contributed by atoms with E-state index in [2.05, 4.69) is 64.9 Å². The molecule has 0 fully saturated rings. The van der Waals surface area contributed by atoms with Gasteiger partial charge in [0.2, 0.25) is 0 Å². The monoisotopic (exact) mass is 263 g/mol. The van der Waals surface area contributed by atoms with Crippen molar-refractivity contribution in [2.45, 2.75) is 58.6 Å². The Morgan fingerprint density at radius 3 is 1.89 bits per heavy atom. The molecule has 19 heavy (non-hydrogen) atoms. The highest BCUT2D eigenvalue weighted by Crippen LogP contribution is 2.28. The van der Waals surface area contributed by atoms with Crippen LogP contribution in [0.3, 0.4) is 0 Å². The average Bonchev–Trinajstić information content (AvgIpc) is 2.29. The van der Waals surface area contributed by atoms with Gasteiger partial charge >= 0.3 is 0 Å². The van der Waals surface area contributed by atoms with E-state index in [1.807, 2.05) is 0 Å². The number of aliphatic hydroxyl groups is 1. The first kappa shape index (κ1) is 16.2. The quantitative estimate of drug-likeness (QED) is 0.851. The average molecular weight is 263 g/mol. The van der Waals surface area contributed by atoms with Gasteiger partial charge in [0.05, 0.1) is 6.10 Å². The summed E-state index contributed by atoms with van der Waals surface area (Å²) in [6.07, 6.45) is 2.31. The third-order valence-electron chi connectivity index (χ3n) is 4.45. The molecule has 0 aliphatic heterocycles. The predicted octanol–water partition coefficient (Wildman–Crippen LogP) is 3.33. The van der Waals surface area contributed by atoms with Crippen LogP contribution in [0.15, 0.2) is 18.2 Å². The second-order valence-electron chi connectivity index (χ2n) is 5.92. The summed E-state index contributed by atoms with van der Waals surface area (Å²) in [4.78, 5) is 2.18. The summed E-state index contributed by atoms with van der Waals surface area (Å²) in [5, 5.41) is 10.7. The molecule has 1 aromatic carbocycles. The zero-order valence-electron chi connectivity index (χ0n) is 13.3. The highest BCUT2D eigenvalue weighted by atomic mass is 16.3. The van der Waals surface area contributed by atoms with Crippen molar-refractivity contribution < 1.29 is 5.11 Å². The second-order valence-corrected chi connectivity index (χ2v) is 5.92. The fourth-order valence-electron chi connectivity index (χ4n) is 3.25. The largest absolute Gasteiger partial charge is 0.391 e. The standard InChI is InChI=1S/C17H29NO/c1-7-17(8-2,18(5)6)16(19)12-15-10-13(3)9-14(4)11-15/h9-11,16,19H,7-8,12H2,1-6H3. The van der Waals surface area contributed by atoms with Gasteiger partial charge in [0, 0.05) is 12.0 Å². The van der Waals surface area contributed by atoms with Gasteiger partial charge in [-0.25, -0.2) is 0 Å². The third kappa shape index (κ3) is 3.58. The molecule has 1 aromatic rings. The Hall–Kier alpha value is -0.860. The molecule has 108 valence electrons. The maximum atomic E-state index is 10.7. The molecule has 0 aliphatic rings. The van der Waals surface area contributed by atoms with Crippen LogP contribution < -0.4 is 0 Å². The molecule has 0 bridgehead atoms. The first-order valence-corrected chi connectivity index (χ1v) is 7.28. The Labute approximate surface area is 118 Å². The van der Waals surface area contributed by atoms with Crippen LogP contribution in [-0.2, 0) is 6.42 Å². The van der Waals surface area contributed by atoms with E-state index in [4.69, 9.17) is 0 Å². The van der Waals surface area contributed by atoms with Crippen LogP contribution in [0.4, 0.5) is 0 Å². The molecule has 1 unspecified atom stereocenters. The fourth-order valence-corrected chi connectivity index (χ4v) is 3.25. The SMILES string of the molecule is CCC(CC)(C(O)Cc1cc(C)cc(C)c1)N(C)C. The molecule has 0 saturated carbocycles. The maximum absolute atomic E-state index is 10.7. The van der Waals surface area contributed by atoms with E-state index in [1.54, 1.807) is 0 Å². The van der Waals surface area contributed by atoms with Gasteiger partial charge in [-0.2, -0.15) is 0 Å². The Balaban J connectivity index is 2.96. The minimum absolute atomic E-state index is 0.127. The highest BCUT2D eigenvalue weighted by Gasteiger charge is 2.36. The number of rotatable bonds is 6. The number of hydrogen-bond acceptors (Lipinski definition) is 2. The van der Waals surface area contributed by atoms with Gasteiger partial charge in [0.15, 0.2) is 0 Å². The van der Waals surface area contributed by atoms with Crippen LogP contribution in [0.5, 0.6) is 0 Å². The van der Waals surface area contributed by atoms with E-state index in [-0.39, 0.29) is 11.6 Å². The first-order chi connectivity index (χ1) is 8.85. The molecular weight excluding hydrogens is 234 g/mol. The molecule has 0 amide bonds. The molecule has 0 heterocycles. The van der Waals surface area contributed by atoms with Gasteiger partial charge in [0.1, 0.15) is 0 Å². The predicted molar refractivity (Wildman–Crippen MR) is 82.6 cm³/mol. The second kappa shape index (κ2) is 6.53. The van der Waals surface area contributed by atoms with Crippen molar-refractivity contribution in [1.29, 1.82) is 0 Å². The number of benzene rings is 1. The van der Waals surface area contributed by atoms with Crippen molar-refractivity contribution in [3.8, 4) is 0 Å². The van der Waals surface area contributed by atoms with Crippen LogP contribution in [-0.4, -0.2) is 35.7 Å². The van der Waals surface area contributed by atoms with Crippen molar-refractivity contribution in [2.75, 3.05) is 14.1 Å². The molecule has 0 aromatic heterocycles. The van der Waals surface area contributed by atoms with Gasteiger partial charge in [-0.05, 0) is 46.3 Å². The van der Waals surface area contributed by atoms with Crippen molar-refractivity contribution in [1.82, 2.24) is 4.90 Å². The zero-order valence-corrected chi connectivity index (χ0v) is 13.3. The van der Waals surface area contributed by atoms with E-state index < -0.39 is 0 Å². The van der Waals surface area contributed by atoms with E-state index in [0.717, 1.165) is 19.3 Å². The number of nitrogens with zero attached hydrogens (tertiary/aromatic N) is 1. The van der Waals surface area contributed by atoms with E-state index in [1.165, 1.54) is 16.7 Å². The van der Waals surface area contributed by atoms with Crippen LogP contribution in [0.1, 0.15) is 43.4 Å². The maximum Gasteiger partial charge on any atom is 0.0763 e. The summed E-state index contributed by atoms with van der Waals surface area (Å²) >= 11 is 0. The molecule has 0 saturated heterocycles. The molecule has 0 radical (unpaired) electrons. The Morgan fingerprint density at radius 2 is 1.53 bits per heavy atom. The molecule has 2 nitrogen and oxygen atoms in total. The molecule has 0 aliphatic carbocycles. The lowest BCUT2D eigenvalue weighted by Gasteiger charge is -2.42. The van der Waals surface area contributed by atoms with Gasteiger partial charge in [-0.1, -0.05) is 43.2 Å². The summed E-state index contributed by atoms with van der Waals surface area (Å²) in [6, 6.07) is 6.54. The third-order valence-corrected chi connectivity index (χ3v) is 4.45. The highest BCUT2D eigenvalue weighted by molar-refractivity contribution is 5.29. The number of hydrogen-bond donors (Lipinski definition) is 1. The van der Waals surface area contributed by atoms with Crippen LogP contribution in [0.25, 0.3) is 0 Å². The number of aryl methyl sites for hydroxylation is 2. The molecule has 2 heteroatoms. The molecule has 1 N–H and O–H groups in total. The fraction of sp³-hybridized carbons (Fsp3) is 0.647. The summed E-state index contributed by atoms with van der Waals surface area (Å²) in [5.41, 5.74) is 3.65. The lowest BCUT2D eigenvalue weighted by molar-refractivity contribution is -0.0125. The minimum atomic E-state index is -0.335. The van der Waals surface area contributed by atoms with Crippen molar-refractivity contribution in [2.24, 2.45) is 0 Å². The van der Waals surface area contributed by atoms with E-state index in [0.29, 0.717) is 0 Å². The lowest BCUT2D eigenvalue weighted by Crippen LogP contribution is -2.53. The van der Waals surface area contributed by atoms with Crippen molar-refractivity contribution in [3.05, 3.63) is 34.9 Å². The lowest BCUT2D eigenvalue weighted by atomic mass is 9.82. The number of likely N-dealkylation sites (N-methyl/N-ethyl adjacent to an activating group) is 1. The zero-order chi connectivity index (χ0) is 14.6. The van der Waals surface area contributed by atoms with Gasteiger partial charge in [-0.3, -0.25) is 0 Å². The van der Waals surface area contributed by atoms with Crippen molar-refractivity contribution in [3.63, 3.8) is 0 Å². The van der Waals surface area contributed by atoms with E-state index >= 15 is 0 Å². The molecular formula is C17H29NO. The van der Waals surface area contributed by atoms with Crippen LogP contribution in [0.2, 0.25) is 0 Å². The van der Waals surface area contributed by atoms with Crippen LogP contribution in [0, 0.1) is 13.8 Å². The smallest absolute Gasteiger partial charge is 0.0763 e. The Bertz CT molecular complexity index is 387. The normalized spacial score (nSPS) is 13.9. The molecule has 0 spiro atoms. The Morgan fingerprint density at radius 1 is 1.05 bits per heavy atom. The van der Waals surface area contributed by atoms with E-state index in [9.17, 15) is 5.11 Å². The molecule has 1 rings (SSSR count). The van der Waals surface area contributed by atoms with Gasteiger partial charge < -0.3 is 10.0 Å². The minimum Gasteiger partial charge on any atom is -0.391 e. The summed E-state index contributed by atoms with van der Waals surface area (Å²) in [6.45, 7) is 8.55. The number of aliphatic hydroxyl groups excluding tert-OH is 1. The summed E-state index contributed by atoms with van der Waals surface area (Å²) < 4.78 is 0. The Kier molecular flexibility index (Phi) is 5.57. The van der Waals surface area contributed by atoms with Crippen molar-refractivity contribution >= 4 is 0 Å².